The maximum atomic E-state index is 5.10. The fourth-order valence-corrected chi connectivity index (χ4v) is 2.00. The predicted octanol–water partition coefficient (Wildman–Crippen LogP) is 0.480. The second kappa shape index (κ2) is 3.54. The fourth-order valence-electron chi connectivity index (χ4n) is 2.00. The maximum Gasteiger partial charge on any atom is 0.295 e. The molecule has 3 heterocycles. The lowest BCUT2D eigenvalue weighted by Crippen LogP contribution is -2.26. The Hall–Kier alpha value is -1.56. The van der Waals surface area contributed by atoms with Gasteiger partial charge in [0.25, 0.3) is 5.71 Å². The smallest absolute Gasteiger partial charge is 0.295 e. The summed E-state index contributed by atoms with van der Waals surface area (Å²) in [6.07, 6.45) is 3.58. The molecule has 0 radical (unpaired) electrons. The van der Waals surface area contributed by atoms with Gasteiger partial charge >= 0.3 is 0 Å². The van der Waals surface area contributed by atoms with Crippen LogP contribution in [0.1, 0.15) is 24.5 Å². The van der Waals surface area contributed by atoms with E-state index in [1.807, 2.05) is 0 Å². The van der Waals surface area contributed by atoms with Gasteiger partial charge in [0.1, 0.15) is 12.0 Å². The van der Waals surface area contributed by atoms with E-state index in [-0.39, 0.29) is 0 Å². The summed E-state index contributed by atoms with van der Waals surface area (Å²) in [5, 5.41) is 14.9. The van der Waals surface area contributed by atoms with Crippen LogP contribution in [-0.4, -0.2) is 33.4 Å². The van der Waals surface area contributed by atoms with Crippen molar-refractivity contribution in [3.05, 3.63) is 12.0 Å². The molecule has 6 heteroatoms. The third-order valence-corrected chi connectivity index (χ3v) is 2.79. The minimum Gasteiger partial charge on any atom is -0.332 e. The summed E-state index contributed by atoms with van der Waals surface area (Å²) in [6, 6.07) is 0. The molecular weight excluding hydrogens is 194 g/mol. The number of nitrogens with zero attached hydrogens (tertiary/aromatic N) is 4. The number of fused-ring (bicyclic) bond motifs is 1. The molecule has 15 heavy (non-hydrogen) atoms. The summed E-state index contributed by atoms with van der Waals surface area (Å²) in [6.45, 7) is 2.05. The lowest BCUT2D eigenvalue weighted by molar-refractivity contribution is 0.399. The van der Waals surface area contributed by atoms with Crippen LogP contribution in [-0.2, 0) is 0 Å². The SMILES string of the molecule is c1nnc2onc(C3CCNCC3)c2n1. The van der Waals surface area contributed by atoms with Gasteiger partial charge in [-0.25, -0.2) is 4.98 Å². The highest BCUT2D eigenvalue weighted by molar-refractivity contribution is 5.70. The molecule has 0 unspecified atom stereocenters. The van der Waals surface area contributed by atoms with Gasteiger partial charge in [0.15, 0.2) is 5.52 Å². The van der Waals surface area contributed by atoms with Crippen LogP contribution in [0.25, 0.3) is 11.2 Å². The summed E-state index contributed by atoms with van der Waals surface area (Å²) in [5.74, 6) is 0.434. The van der Waals surface area contributed by atoms with E-state index < -0.39 is 0 Å². The molecule has 0 aliphatic carbocycles. The second-order valence-corrected chi connectivity index (χ2v) is 3.71. The molecule has 0 atom stereocenters. The molecule has 0 saturated carbocycles. The number of nitrogens with one attached hydrogen (secondary N) is 1. The van der Waals surface area contributed by atoms with Crippen molar-refractivity contribution >= 4 is 11.2 Å². The van der Waals surface area contributed by atoms with E-state index >= 15 is 0 Å². The van der Waals surface area contributed by atoms with Gasteiger partial charge < -0.3 is 9.84 Å². The molecule has 0 spiro atoms. The van der Waals surface area contributed by atoms with Gasteiger partial charge in [-0.3, -0.25) is 0 Å². The number of aromatic nitrogens is 4. The lowest BCUT2D eigenvalue weighted by atomic mass is 9.94. The average molecular weight is 205 g/mol. The Morgan fingerprint density at radius 2 is 2.20 bits per heavy atom. The topological polar surface area (TPSA) is 76.7 Å². The number of hydrogen-bond acceptors (Lipinski definition) is 6. The fraction of sp³-hybridized carbons (Fsp3) is 0.556. The Bertz CT molecular complexity index is 462. The Labute approximate surface area is 86.1 Å². The molecule has 6 nitrogen and oxygen atoms in total. The highest BCUT2D eigenvalue weighted by Crippen LogP contribution is 2.28. The third-order valence-electron chi connectivity index (χ3n) is 2.79. The minimum absolute atomic E-state index is 0.434. The molecule has 1 aliphatic rings. The van der Waals surface area contributed by atoms with Crippen LogP contribution in [0.15, 0.2) is 10.9 Å². The van der Waals surface area contributed by atoms with E-state index in [2.05, 4.69) is 25.7 Å². The molecule has 0 aromatic carbocycles. The lowest BCUT2D eigenvalue weighted by Gasteiger charge is -2.20. The molecule has 1 N–H and O–H groups in total. The van der Waals surface area contributed by atoms with Crippen molar-refractivity contribution in [2.45, 2.75) is 18.8 Å². The average Bonchev–Trinajstić information content (AvgIpc) is 2.74. The molecule has 2 aromatic rings. The summed E-state index contributed by atoms with van der Waals surface area (Å²) in [5.41, 5.74) is 2.13. The first-order chi connectivity index (χ1) is 7.45. The van der Waals surface area contributed by atoms with E-state index in [9.17, 15) is 0 Å². The minimum atomic E-state index is 0.434. The largest absolute Gasteiger partial charge is 0.332 e. The van der Waals surface area contributed by atoms with Crippen molar-refractivity contribution in [1.82, 2.24) is 25.7 Å². The zero-order valence-corrected chi connectivity index (χ0v) is 8.18. The van der Waals surface area contributed by atoms with Crippen LogP contribution >= 0.6 is 0 Å². The summed E-state index contributed by atoms with van der Waals surface area (Å²) >= 11 is 0. The van der Waals surface area contributed by atoms with Crippen molar-refractivity contribution in [2.75, 3.05) is 13.1 Å². The van der Waals surface area contributed by atoms with Crippen molar-refractivity contribution in [3.63, 3.8) is 0 Å². The van der Waals surface area contributed by atoms with Gasteiger partial charge in [0.2, 0.25) is 0 Å². The van der Waals surface area contributed by atoms with Gasteiger partial charge in [-0.1, -0.05) is 5.16 Å². The molecule has 78 valence electrons. The molecule has 1 fully saturated rings. The Morgan fingerprint density at radius 3 is 3.07 bits per heavy atom. The van der Waals surface area contributed by atoms with E-state index in [4.69, 9.17) is 4.52 Å². The van der Waals surface area contributed by atoms with Gasteiger partial charge in [0, 0.05) is 5.92 Å². The summed E-state index contributed by atoms with van der Waals surface area (Å²) in [4.78, 5) is 4.17. The summed E-state index contributed by atoms with van der Waals surface area (Å²) < 4.78 is 5.10. The van der Waals surface area contributed by atoms with Crippen LogP contribution in [0.4, 0.5) is 0 Å². The van der Waals surface area contributed by atoms with Crippen molar-refractivity contribution in [1.29, 1.82) is 0 Å². The third kappa shape index (κ3) is 1.46. The van der Waals surface area contributed by atoms with E-state index in [0.717, 1.165) is 37.1 Å². The highest BCUT2D eigenvalue weighted by atomic mass is 16.5. The number of hydrogen-bond donors (Lipinski definition) is 1. The van der Waals surface area contributed by atoms with Crippen LogP contribution in [0, 0.1) is 0 Å². The van der Waals surface area contributed by atoms with Gasteiger partial charge in [0.05, 0.1) is 0 Å². The molecule has 2 aromatic heterocycles. The molecule has 0 bridgehead atoms. The van der Waals surface area contributed by atoms with Gasteiger partial charge in [-0.15, -0.1) is 10.2 Å². The number of rotatable bonds is 1. The first-order valence-corrected chi connectivity index (χ1v) is 5.09. The van der Waals surface area contributed by atoms with E-state index in [1.165, 1.54) is 6.33 Å². The number of piperidine rings is 1. The van der Waals surface area contributed by atoms with E-state index in [1.54, 1.807) is 0 Å². The Morgan fingerprint density at radius 1 is 1.33 bits per heavy atom. The zero-order chi connectivity index (χ0) is 10.1. The standard InChI is InChI=1S/C9H11N5O/c1-3-10-4-2-6(1)7-8-9(15-14-7)13-12-5-11-8/h5-6,10H,1-4H2. The molecule has 3 rings (SSSR count). The van der Waals surface area contributed by atoms with E-state index in [0.29, 0.717) is 11.6 Å². The quantitative estimate of drug-likeness (QED) is 0.729. The van der Waals surface area contributed by atoms with Gasteiger partial charge in [-0.2, -0.15) is 0 Å². The molecule has 1 aliphatic heterocycles. The first kappa shape index (κ1) is 8.72. The highest BCUT2D eigenvalue weighted by Gasteiger charge is 2.22. The normalized spacial score (nSPS) is 18.4. The molecule has 0 amide bonds. The van der Waals surface area contributed by atoms with Crippen molar-refractivity contribution in [2.24, 2.45) is 0 Å². The Balaban J connectivity index is 2.02. The van der Waals surface area contributed by atoms with Gasteiger partial charge in [-0.05, 0) is 25.9 Å². The molecule has 1 saturated heterocycles. The molecular formula is C9H11N5O. The Kier molecular flexibility index (Phi) is 2.06. The second-order valence-electron chi connectivity index (χ2n) is 3.71. The van der Waals surface area contributed by atoms with Crippen molar-refractivity contribution < 1.29 is 4.52 Å². The maximum absolute atomic E-state index is 5.10. The monoisotopic (exact) mass is 205 g/mol. The predicted molar refractivity (Wildman–Crippen MR) is 52.2 cm³/mol. The van der Waals surface area contributed by atoms with Crippen LogP contribution in [0.5, 0.6) is 0 Å². The van der Waals surface area contributed by atoms with Crippen molar-refractivity contribution in [3.8, 4) is 0 Å². The van der Waals surface area contributed by atoms with Crippen LogP contribution in [0.3, 0.4) is 0 Å². The van der Waals surface area contributed by atoms with Crippen LogP contribution in [0.2, 0.25) is 0 Å². The zero-order valence-electron chi connectivity index (χ0n) is 8.18. The summed E-state index contributed by atoms with van der Waals surface area (Å²) in [7, 11) is 0. The van der Waals surface area contributed by atoms with Crippen LogP contribution < -0.4 is 5.32 Å². The first-order valence-electron chi connectivity index (χ1n) is 5.09.